The monoisotopic (exact) mass is 256 g/mol. The Morgan fingerprint density at radius 2 is 1.12 bits per heavy atom. The van der Waals surface area contributed by atoms with E-state index in [1.54, 1.807) is 0 Å². The first-order valence-corrected chi connectivity index (χ1v) is 8.12. The van der Waals surface area contributed by atoms with Crippen molar-refractivity contribution in [1.29, 1.82) is 0 Å². The summed E-state index contributed by atoms with van der Waals surface area (Å²) in [6.07, 6.45) is 0. The number of benzene rings is 1. The number of hydrogen-bond donors (Lipinski definition) is 2. The van der Waals surface area contributed by atoms with E-state index in [1.165, 1.54) is 0 Å². The van der Waals surface area contributed by atoms with Crippen LogP contribution in [0.4, 0.5) is 0 Å². The van der Waals surface area contributed by atoms with Gasteiger partial charge in [0.2, 0.25) is 0 Å². The molecule has 0 spiro atoms. The molecule has 2 N–H and O–H groups in total. The van der Waals surface area contributed by atoms with E-state index in [2.05, 4.69) is 0 Å². The van der Waals surface area contributed by atoms with E-state index in [1.807, 2.05) is 71.9 Å². The molecule has 17 heavy (non-hydrogen) atoms. The van der Waals surface area contributed by atoms with Gasteiger partial charge < -0.3 is 0 Å². The fraction of sp³-hybridized carbons (Fsp3) is 0.571. The fourth-order valence-electron chi connectivity index (χ4n) is 2.49. The van der Waals surface area contributed by atoms with Gasteiger partial charge in [0, 0.05) is 0 Å². The summed E-state index contributed by atoms with van der Waals surface area (Å²) in [7, 11) is -4.02. The average Bonchev–Trinajstić information content (AvgIpc) is 2.15. The van der Waals surface area contributed by atoms with Crippen LogP contribution in [0.2, 0.25) is 0 Å². The molecule has 1 aromatic carbocycles. The third-order valence-electron chi connectivity index (χ3n) is 3.79. The molecule has 0 radical (unpaired) electrons. The molecule has 0 aliphatic carbocycles. The Balaban J connectivity index is 3.65. The molecule has 0 bridgehead atoms. The Morgan fingerprint density at radius 3 is 1.41 bits per heavy atom. The first kappa shape index (κ1) is 14.6. The van der Waals surface area contributed by atoms with Gasteiger partial charge in [-0.3, -0.25) is 0 Å². The molecule has 0 aliphatic heterocycles. The number of hydrogen-bond acceptors (Lipinski definition) is 2. The van der Waals surface area contributed by atoms with E-state index < -0.39 is 17.4 Å². The van der Waals surface area contributed by atoms with Gasteiger partial charge in [-0.2, -0.15) is 0 Å². The van der Waals surface area contributed by atoms with Crippen LogP contribution in [0.5, 0.6) is 0 Å². The van der Waals surface area contributed by atoms with Crippen molar-refractivity contribution >= 4 is 12.4 Å². The van der Waals surface area contributed by atoms with E-state index in [4.69, 9.17) is 0 Å². The van der Waals surface area contributed by atoms with Crippen LogP contribution >= 0.6 is 7.06 Å². The molecule has 98 valence electrons. The van der Waals surface area contributed by atoms with Crippen molar-refractivity contribution in [2.75, 3.05) is 0 Å². The van der Waals surface area contributed by atoms with Gasteiger partial charge in [0.15, 0.2) is 0 Å². The predicted octanol–water partition coefficient (Wildman–Crippen LogP) is 3.28. The molecule has 2 nitrogen and oxygen atoms in total. The maximum atomic E-state index is 11.3. The third-order valence-corrected chi connectivity index (χ3v) is 10.1. The molecular weight excluding hydrogens is 231 g/mol. The third kappa shape index (κ3) is 1.83. The molecule has 0 saturated heterocycles. The van der Waals surface area contributed by atoms with Crippen molar-refractivity contribution in [2.24, 2.45) is 0 Å². The zero-order valence-corrected chi connectivity index (χ0v) is 12.6. The summed E-state index contributed by atoms with van der Waals surface area (Å²) in [5, 5.41) is -0.491. The van der Waals surface area contributed by atoms with Crippen molar-refractivity contribution in [1.82, 2.24) is 0 Å². The summed E-state index contributed by atoms with van der Waals surface area (Å²) in [5.74, 6) is 0. The van der Waals surface area contributed by atoms with E-state index >= 15 is 0 Å². The van der Waals surface area contributed by atoms with Crippen LogP contribution in [0.15, 0.2) is 30.3 Å². The quantitative estimate of drug-likeness (QED) is 0.757. The molecule has 0 amide bonds. The van der Waals surface area contributed by atoms with Gasteiger partial charge in [-0.1, -0.05) is 0 Å². The molecule has 0 atom stereocenters. The molecule has 0 unspecified atom stereocenters. The summed E-state index contributed by atoms with van der Waals surface area (Å²) < 4.78 is 0. The second-order valence-electron chi connectivity index (χ2n) is 6.70. The van der Waals surface area contributed by atoms with Crippen LogP contribution in [0.1, 0.15) is 41.5 Å². The van der Waals surface area contributed by atoms with Crippen LogP contribution in [0, 0.1) is 0 Å². The molecule has 1 rings (SSSR count). The Morgan fingerprint density at radius 1 is 0.765 bits per heavy atom. The van der Waals surface area contributed by atoms with Gasteiger partial charge in [-0.25, -0.2) is 0 Å². The van der Waals surface area contributed by atoms with Crippen LogP contribution in [-0.4, -0.2) is 20.1 Å². The van der Waals surface area contributed by atoms with Crippen LogP contribution < -0.4 is 5.30 Å². The molecule has 0 aliphatic rings. The second-order valence-corrected chi connectivity index (χ2v) is 12.0. The van der Waals surface area contributed by atoms with Crippen molar-refractivity contribution < 1.29 is 9.79 Å². The first-order valence-electron chi connectivity index (χ1n) is 5.98. The number of rotatable bonds is 1. The van der Waals surface area contributed by atoms with Crippen LogP contribution in [0.25, 0.3) is 0 Å². The van der Waals surface area contributed by atoms with E-state index in [-0.39, 0.29) is 0 Å². The maximum absolute atomic E-state index is 11.3. The fourth-order valence-corrected chi connectivity index (χ4v) is 6.79. The van der Waals surface area contributed by atoms with Gasteiger partial charge in [0.25, 0.3) is 0 Å². The van der Waals surface area contributed by atoms with E-state index in [0.29, 0.717) is 5.30 Å². The van der Waals surface area contributed by atoms with Crippen molar-refractivity contribution in [2.45, 2.75) is 51.9 Å². The van der Waals surface area contributed by atoms with Crippen molar-refractivity contribution in [3.63, 3.8) is 0 Å². The molecular formula is C14H25O2P. The van der Waals surface area contributed by atoms with Crippen LogP contribution in [-0.2, 0) is 0 Å². The zero-order valence-electron chi connectivity index (χ0n) is 11.7. The van der Waals surface area contributed by atoms with Crippen molar-refractivity contribution in [3.8, 4) is 0 Å². The Labute approximate surface area is 105 Å². The normalized spacial score (nSPS) is 16.4. The summed E-state index contributed by atoms with van der Waals surface area (Å²) in [6, 6.07) is 9.27. The molecule has 0 aromatic heterocycles. The SMILES string of the molecule is CC(C)(C)P(O)(O)(c1ccccc1)C(C)(C)C. The second kappa shape index (κ2) is 3.78. The minimum atomic E-state index is -4.02. The van der Waals surface area contributed by atoms with Crippen molar-refractivity contribution in [3.05, 3.63) is 30.3 Å². The topological polar surface area (TPSA) is 40.5 Å². The predicted molar refractivity (Wildman–Crippen MR) is 76.9 cm³/mol. The van der Waals surface area contributed by atoms with Crippen LogP contribution in [0.3, 0.4) is 0 Å². The molecule has 3 heteroatoms. The summed E-state index contributed by atoms with van der Waals surface area (Å²) >= 11 is 0. The van der Waals surface area contributed by atoms with Gasteiger partial charge >= 0.3 is 104 Å². The van der Waals surface area contributed by atoms with E-state index in [0.717, 1.165) is 0 Å². The minimum absolute atomic E-state index is 0.578. The van der Waals surface area contributed by atoms with Gasteiger partial charge in [0.1, 0.15) is 0 Å². The molecule has 0 saturated carbocycles. The standard InChI is InChI=1S/C14H25O2P/c1-13(2,3)17(15,16,14(4,5)6)12-10-8-7-9-11-12/h7-11,15-16H,1-6H3. The Hall–Kier alpha value is -0.430. The summed E-state index contributed by atoms with van der Waals surface area (Å²) in [4.78, 5) is 22.6. The van der Waals surface area contributed by atoms with Gasteiger partial charge in [-0.15, -0.1) is 0 Å². The zero-order chi connectivity index (χ0) is 13.6. The molecule has 0 heterocycles. The average molecular weight is 256 g/mol. The van der Waals surface area contributed by atoms with E-state index in [9.17, 15) is 9.79 Å². The van der Waals surface area contributed by atoms with Gasteiger partial charge in [0.05, 0.1) is 0 Å². The summed E-state index contributed by atoms with van der Waals surface area (Å²) in [6.45, 7) is 11.4. The van der Waals surface area contributed by atoms with Gasteiger partial charge in [-0.05, 0) is 0 Å². The Kier molecular flexibility index (Phi) is 3.25. The Bertz CT molecular complexity index is 378. The molecule has 1 aromatic rings. The summed E-state index contributed by atoms with van der Waals surface area (Å²) in [5.41, 5.74) is 0. The first-order chi connectivity index (χ1) is 7.42. The molecule has 0 fully saturated rings.